The quantitative estimate of drug-likeness (QED) is 0.648. The SMILES string of the molecule is O=C1CCCC2=C1[C@@H](c1cccc(Cl)c1Cl)CC(=O)N2c1ccc(F)cc1. The number of carbonyl (C=O) groups is 2. The Bertz CT molecular complexity index is 969. The van der Waals surface area contributed by atoms with E-state index in [4.69, 9.17) is 23.2 Å². The van der Waals surface area contributed by atoms with E-state index in [0.717, 1.165) is 0 Å². The van der Waals surface area contributed by atoms with Gasteiger partial charge in [-0.15, -0.1) is 0 Å². The van der Waals surface area contributed by atoms with Gasteiger partial charge in [0, 0.05) is 35.7 Å². The fourth-order valence-electron chi connectivity index (χ4n) is 3.94. The lowest BCUT2D eigenvalue weighted by Crippen LogP contribution is -2.40. The van der Waals surface area contributed by atoms with Gasteiger partial charge in [0.25, 0.3) is 0 Å². The molecule has 0 aromatic heterocycles. The van der Waals surface area contributed by atoms with Crippen LogP contribution in [0.25, 0.3) is 0 Å². The summed E-state index contributed by atoms with van der Waals surface area (Å²) in [5.74, 6) is -0.906. The normalized spacial score (nSPS) is 20.1. The van der Waals surface area contributed by atoms with Crippen molar-refractivity contribution in [3.05, 3.63) is 75.2 Å². The van der Waals surface area contributed by atoms with Gasteiger partial charge in [0.2, 0.25) is 5.91 Å². The lowest BCUT2D eigenvalue weighted by Gasteiger charge is -2.38. The van der Waals surface area contributed by atoms with Crippen LogP contribution in [0.15, 0.2) is 53.7 Å². The molecule has 1 amide bonds. The van der Waals surface area contributed by atoms with E-state index in [0.29, 0.717) is 51.8 Å². The molecular weight excluding hydrogens is 388 g/mol. The second-order valence-corrected chi connectivity index (χ2v) is 7.53. The van der Waals surface area contributed by atoms with E-state index in [9.17, 15) is 14.0 Å². The smallest absolute Gasteiger partial charge is 0.232 e. The van der Waals surface area contributed by atoms with Crippen LogP contribution in [0.5, 0.6) is 0 Å². The fourth-order valence-corrected chi connectivity index (χ4v) is 4.38. The minimum Gasteiger partial charge on any atom is -0.294 e. The molecule has 1 aliphatic heterocycles. The molecule has 0 saturated heterocycles. The van der Waals surface area contributed by atoms with Crippen LogP contribution in [-0.2, 0) is 9.59 Å². The number of anilines is 1. The predicted octanol–water partition coefficient (Wildman–Crippen LogP) is 5.66. The van der Waals surface area contributed by atoms with Crippen molar-refractivity contribution in [1.29, 1.82) is 0 Å². The van der Waals surface area contributed by atoms with Gasteiger partial charge in [0.05, 0.1) is 10.0 Å². The number of carbonyl (C=O) groups excluding carboxylic acids is 2. The maximum atomic E-state index is 13.3. The van der Waals surface area contributed by atoms with Crippen molar-refractivity contribution < 1.29 is 14.0 Å². The first-order valence-electron chi connectivity index (χ1n) is 8.76. The van der Waals surface area contributed by atoms with Crippen molar-refractivity contribution in [3.8, 4) is 0 Å². The highest BCUT2D eigenvalue weighted by Gasteiger charge is 2.40. The summed E-state index contributed by atoms with van der Waals surface area (Å²) < 4.78 is 13.3. The van der Waals surface area contributed by atoms with Crippen molar-refractivity contribution in [2.24, 2.45) is 0 Å². The van der Waals surface area contributed by atoms with E-state index in [-0.39, 0.29) is 23.9 Å². The summed E-state index contributed by atoms with van der Waals surface area (Å²) >= 11 is 12.5. The van der Waals surface area contributed by atoms with Crippen LogP contribution in [0.2, 0.25) is 10.0 Å². The minimum absolute atomic E-state index is 0.0249. The standard InChI is InChI=1S/C21H16Cl2FNO2/c22-16-4-1-3-14(21(16)23)15-11-19(27)25(13-9-7-12(24)8-10-13)17-5-2-6-18(26)20(15)17/h1,3-4,7-10,15H,2,5-6,11H2/t15-/m1/s1. The lowest BCUT2D eigenvalue weighted by atomic mass is 9.77. The van der Waals surface area contributed by atoms with Gasteiger partial charge in [-0.3, -0.25) is 14.5 Å². The first-order chi connectivity index (χ1) is 13.0. The molecule has 3 nitrogen and oxygen atoms in total. The van der Waals surface area contributed by atoms with E-state index in [2.05, 4.69) is 0 Å². The highest BCUT2D eigenvalue weighted by molar-refractivity contribution is 6.42. The second kappa shape index (κ2) is 7.10. The highest BCUT2D eigenvalue weighted by Crippen LogP contribution is 2.45. The largest absolute Gasteiger partial charge is 0.294 e. The summed E-state index contributed by atoms with van der Waals surface area (Å²) in [6.45, 7) is 0. The summed E-state index contributed by atoms with van der Waals surface area (Å²) in [5.41, 5.74) is 2.57. The molecular formula is C21H16Cl2FNO2. The topological polar surface area (TPSA) is 37.4 Å². The molecule has 1 heterocycles. The van der Waals surface area contributed by atoms with Crippen LogP contribution in [0.3, 0.4) is 0 Å². The molecule has 0 fully saturated rings. The molecule has 138 valence electrons. The number of nitrogens with zero attached hydrogens (tertiary/aromatic N) is 1. The van der Waals surface area contributed by atoms with Gasteiger partial charge in [-0.2, -0.15) is 0 Å². The van der Waals surface area contributed by atoms with Gasteiger partial charge in [-0.25, -0.2) is 4.39 Å². The van der Waals surface area contributed by atoms with Gasteiger partial charge in [-0.05, 0) is 48.7 Å². The monoisotopic (exact) mass is 403 g/mol. The van der Waals surface area contributed by atoms with Crippen molar-refractivity contribution in [1.82, 2.24) is 0 Å². The Morgan fingerprint density at radius 3 is 2.48 bits per heavy atom. The number of benzene rings is 2. The van der Waals surface area contributed by atoms with E-state index in [1.165, 1.54) is 12.1 Å². The predicted molar refractivity (Wildman–Crippen MR) is 104 cm³/mol. The molecule has 0 saturated carbocycles. The van der Waals surface area contributed by atoms with E-state index in [1.807, 2.05) is 6.07 Å². The Balaban J connectivity index is 1.88. The number of allylic oxidation sites excluding steroid dienone is 2. The third-order valence-corrected chi connectivity index (χ3v) is 5.95. The highest BCUT2D eigenvalue weighted by atomic mass is 35.5. The third-order valence-electron chi connectivity index (χ3n) is 5.12. The molecule has 2 aromatic rings. The lowest BCUT2D eigenvalue weighted by molar-refractivity contribution is -0.119. The van der Waals surface area contributed by atoms with Gasteiger partial charge < -0.3 is 0 Å². The molecule has 27 heavy (non-hydrogen) atoms. The van der Waals surface area contributed by atoms with Crippen molar-refractivity contribution >= 4 is 40.6 Å². The van der Waals surface area contributed by atoms with Crippen LogP contribution < -0.4 is 4.90 Å². The molecule has 0 radical (unpaired) electrons. The van der Waals surface area contributed by atoms with Gasteiger partial charge in [0.15, 0.2) is 5.78 Å². The molecule has 0 bridgehead atoms. The van der Waals surface area contributed by atoms with Crippen LogP contribution >= 0.6 is 23.2 Å². The minimum atomic E-state index is -0.414. The van der Waals surface area contributed by atoms with Crippen molar-refractivity contribution in [2.45, 2.75) is 31.6 Å². The molecule has 0 spiro atoms. The maximum absolute atomic E-state index is 13.3. The van der Waals surface area contributed by atoms with Gasteiger partial charge in [0.1, 0.15) is 5.82 Å². The molecule has 0 unspecified atom stereocenters. The molecule has 1 aliphatic carbocycles. The molecule has 6 heteroatoms. The summed E-state index contributed by atoms with van der Waals surface area (Å²) in [7, 11) is 0. The number of rotatable bonds is 2. The molecule has 2 aliphatic rings. The Labute approximate surface area is 166 Å². The molecule has 2 aromatic carbocycles. The van der Waals surface area contributed by atoms with Crippen LogP contribution in [-0.4, -0.2) is 11.7 Å². The summed E-state index contributed by atoms with van der Waals surface area (Å²) in [4.78, 5) is 27.4. The molecule has 1 atom stereocenters. The van der Waals surface area contributed by atoms with E-state index in [1.54, 1.807) is 29.2 Å². The molecule has 0 N–H and O–H groups in total. The first kappa shape index (κ1) is 18.2. The Morgan fingerprint density at radius 2 is 1.74 bits per heavy atom. The second-order valence-electron chi connectivity index (χ2n) is 6.74. The maximum Gasteiger partial charge on any atom is 0.232 e. The van der Waals surface area contributed by atoms with Crippen molar-refractivity contribution in [2.75, 3.05) is 4.90 Å². The summed E-state index contributed by atoms with van der Waals surface area (Å²) in [6, 6.07) is 11.0. The van der Waals surface area contributed by atoms with E-state index >= 15 is 0 Å². The summed E-state index contributed by atoms with van der Waals surface area (Å²) in [6.07, 6.45) is 1.85. The number of hydrogen-bond donors (Lipinski definition) is 0. The van der Waals surface area contributed by atoms with Crippen LogP contribution in [0.1, 0.15) is 37.2 Å². The number of ketones is 1. The van der Waals surface area contributed by atoms with Crippen molar-refractivity contribution in [3.63, 3.8) is 0 Å². The number of Topliss-reactive ketones (excluding diaryl/α,β-unsaturated/α-hetero) is 1. The third kappa shape index (κ3) is 3.17. The van der Waals surface area contributed by atoms with Crippen LogP contribution in [0, 0.1) is 5.82 Å². The Hall–Kier alpha value is -2.17. The van der Waals surface area contributed by atoms with Gasteiger partial charge >= 0.3 is 0 Å². The van der Waals surface area contributed by atoms with Gasteiger partial charge in [-0.1, -0.05) is 35.3 Å². The zero-order valence-corrected chi connectivity index (χ0v) is 15.9. The van der Waals surface area contributed by atoms with Crippen LogP contribution in [0.4, 0.5) is 10.1 Å². The average Bonchev–Trinajstić information content (AvgIpc) is 2.65. The Morgan fingerprint density at radius 1 is 1.00 bits per heavy atom. The number of halogens is 3. The number of hydrogen-bond acceptors (Lipinski definition) is 2. The zero-order chi connectivity index (χ0) is 19.1. The Kier molecular flexibility index (Phi) is 4.79. The average molecular weight is 404 g/mol. The first-order valence-corrected chi connectivity index (χ1v) is 9.51. The van der Waals surface area contributed by atoms with E-state index < -0.39 is 5.92 Å². The fraction of sp³-hybridized carbons (Fsp3) is 0.238. The molecule has 4 rings (SSSR count). The summed E-state index contributed by atoms with van der Waals surface area (Å²) in [5, 5.41) is 0.769. The number of amides is 1. The zero-order valence-electron chi connectivity index (χ0n) is 14.3.